The third-order valence-corrected chi connectivity index (χ3v) is 3.01. The van der Waals surface area contributed by atoms with E-state index < -0.39 is 15.0 Å². The van der Waals surface area contributed by atoms with Gasteiger partial charge >= 0.3 is 5.69 Å². The summed E-state index contributed by atoms with van der Waals surface area (Å²) >= 11 is 11.0. The van der Waals surface area contributed by atoms with Gasteiger partial charge < -0.3 is 0 Å². The Hall–Kier alpha value is -0.870. The highest BCUT2D eigenvalue weighted by atomic mass is 35.5. The molecule has 14 heavy (non-hydrogen) atoms. The van der Waals surface area contributed by atoms with Crippen molar-refractivity contribution in [2.24, 2.45) is 0 Å². The molecule has 1 aromatic carbocycles. The second-order valence-electron chi connectivity index (χ2n) is 2.31. The molecular weight excluding hydrogens is 251 g/mol. The number of halogens is 2. The third-order valence-electron chi connectivity index (χ3n) is 1.39. The van der Waals surface area contributed by atoms with E-state index in [1.165, 1.54) is 0 Å². The van der Waals surface area contributed by atoms with Gasteiger partial charge in [0.25, 0.3) is 10.1 Å². The van der Waals surface area contributed by atoms with Crippen molar-refractivity contribution >= 4 is 39.0 Å². The lowest BCUT2D eigenvalue weighted by molar-refractivity contribution is 0.483. The summed E-state index contributed by atoms with van der Waals surface area (Å²) in [6, 6.07) is 1.92. The van der Waals surface area contributed by atoms with E-state index in [4.69, 9.17) is 33.1 Å². The Bertz CT molecular complexity index is 521. The SMILES string of the molecule is N#[N+]c1cc(Cl)c(S(=O)(=O)O)cc1Cl. The summed E-state index contributed by atoms with van der Waals surface area (Å²) in [6.45, 7) is 0. The van der Waals surface area contributed by atoms with Crippen LogP contribution < -0.4 is 0 Å². The van der Waals surface area contributed by atoms with Gasteiger partial charge in [0.05, 0.1) is 11.1 Å². The Morgan fingerprint density at radius 2 is 1.86 bits per heavy atom. The fourth-order valence-corrected chi connectivity index (χ4v) is 2.08. The quantitative estimate of drug-likeness (QED) is 0.616. The molecule has 8 heteroatoms. The molecule has 0 amide bonds. The van der Waals surface area contributed by atoms with Crippen LogP contribution in [0.3, 0.4) is 0 Å². The average Bonchev–Trinajstić information content (AvgIpc) is 2.06. The number of hydrogen-bond donors (Lipinski definition) is 1. The molecule has 0 aliphatic heterocycles. The summed E-state index contributed by atoms with van der Waals surface area (Å²) in [7, 11) is -4.42. The molecule has 0 spiro atoms. The zero-order valence-electron chi connectivity index (χ0n) is 6.48. The van der Waals surface area contributed by atoms with Crippen LogP contribution in [0.2, 0.25) is 10.0 Å². The summed E-state index contributed by atoms with van der Waals surface area (Å²) in [5.74, 6) is 0. The van der Waals surface area contributed by atoms with Crippen LogP contribution in [0.1, 0.15) is 0 Å². The van der Waals surface area contributed by atoms with Gasteiger partial charge in [0.2, 0.25) is 5.39 Å². The van der Waals surface area contributed by atoms with Crippen molar-refractivity contribution in [1.29, 1.82) is 5.39 Å². The third kappa shape index (κ3) is 2.13. The molecule has 1 aromatic rings. The largest absolute Gasteiger partial charge is 0.404 e. The first-order chi connectivity index (χ1) is 6.36. The number of hydrogen-bond acceptors (Lipinski definition) is 3. The predicted molar refractivity (Wildman–Crippen MR) is 51.0 cm³/mol. The molecule has 0 saturated heterocycles. The van der Waals surface area contributed by atoms with E-state index >= 15 is 0 Å². The van der Waals surface area contributed by atoms with Gasteiger partial charge in [-0.15, -0.1) is 0 Å². The smallest absolute Gasteiger partial charge is 0.282 e. The van der Waals surface area contributed by atoms with Crippen molar-refractivity contribution in [2.75, 3.05) is 0 Å². The molecule has 0 radical (unpaired) electrons. The van der Waals surface area contributed by atoms with E-state index in [0.29, 0.717) is 0 Å². The lowest BCUT2D eigenvalue weighted by Gasteiger charge is -1.98. The maximum Gasteiger partial charge on any atom is 0.404 e. The highest BCUT2D eigenvalue weighted by Gasteiger charge is 2.22. The monoisotopic (exact) mass is 253 g/mol. The van der Waals surface area contributed by atoms with E-state index in [-0.39, 0.29) is 15.7 Å². The van der Waals surface area contributed by atoms with Crippen molar-refractivity contribution in [1.82, 2.24) is 0 Å². The molecule has 0 aliphatic rings. The molecule has 0 bridgehead atoms. The molecule has 5 nitrogen and oxygen atoms in total. The molecule has 0 aliphatic carbocycles. The van der Waals surface area contributed by atoms with Crippen molar-refractivity contribution in [3.63, 3.8) is 0 Å². The average molecular weight is 254 g/mol. The topological polar surface area (TPSA) is 82.5 Å². The van der Waals surface area contributed by atoms with Crippen molar-refractivity contribution in [3.8, 4) is 0 Å². The van der Waals surface area contributed by atoms with Gasteiger partial charge in [-0.3, -0.25) is 4.55 Å². The van der Waals surface area contributed by atoms with Crippen LogP contribution in [0.5, 0.6) is 0 Å². The Kier molecular flexibility index (Phi) is 2.97. The van der Waals surface area contributed by atoms with Gasteiger partial charge in [-0.1, -0.05) is 23.2 Å². The van der Waals surface area contributed by atoms with Crippen LogP contribution in [0.4, 0.5) is 5.69 Å². The Balaban J connectivity index is 3.54. The van der Waals surface area contributed by atoms with Crippen LogP contribution in [0, 0.1) is 5.39 Å². The van der Waals surface area contributed by atoms with Gasteiger partial charge in [0, 0.05) is 0 Å². The molecule has 0 atom stereocenters. The van der Waals surface area contributed by atoms with E-state index in [0.717, 1.165) is 12.1 Å². The maximum absolute atomic E-state index is 10.7. The van der Waals surface area contributed by atoms with E-state index in [2.05, 4.69) is 4.98 Å². The molecule has 0 fully saturated rings. The lowest BCUT2D eigenvalue weighted by atomic mass is 10.3. The first kappa shape index (κ1) is 11.2. The normalized spacial score (nSPS) is 11.0. The van der Waals surface area contributed by atoms with Crippen molar-refractivity contribution in [2.45, 2.75) is 4.90 Å². The lowest BCUT2D eigenvalue weighted by Crippen LogP contribution is -1.98. The minimum absolute atomic E-state index is 0.0796. The summed E-state index contributed by atoms with van der Waals surface area (Å²) < 4.78 is 30.1. The highest BCUT2D eigenvalue weighted by molar-refractivity contribution is 7.86. The molecule has 0 unspecified atom stereocenters. The van der Waals surface area contributed by atoms with Crippen LogP contribution in [0.15, 0.2) is 17.0 Å². The minimum Gasteiger partial charge on any atom is -0.282 e. The number of rotatable bonds is 1. The van der Waals surface area contributed by atoms with Crippen LogP contribution in [0.25, 0.3) is 4.98 Å². The second kappa shape index (κ2) is 3.71. The van der Waals surface area contributed by atoms with Gasteiger partial charge in [0.15, 0.2) is 4.98 Å². The molecule has 74 valence electrons. The molecule has 0 saturated carbocycles. The van der Waals surface area contributed by atoms with Crippen LogP contribution in [-0.4, -0.2) is 13.0 Å². The van der Waals surface area contributed by atoms with Gasteiger partial charge in [-0.25, -0.2) is 0 Å². The molecule has 0 heterocycles. The molecule has 1 rings (SSSR count). The zero-order valence-corrected chi connectivity index (χ0v) is 8.81. The fraction of sp³-hybridized carbons (Fsp3) is 0. The molecular formula is C6H3Cl2N2O3S+. The van der Waals surface area contributed by atoms with E-state index in [9.17, 15) is 8.42 Å². The van der Waals surface area contributed by atoms with E-state index in [1.807, 2.05) is 0 Å². The first-order valence-electron chi connectivity index (χ1n) is 3.18. The summed E-state index contributed by atoms with van der Waals surface area (Å²) in [4.78, 5) is 2.23. The van der Waals surface area contributed by atoms with Gasteiger partial charge in [-0.2, -0.15) is 8.42 Å². The first-order valence-corrected chi connectivity index (χ1v) is 5.37. The summed E-state index contributed by atoms with van der Waals surface area (Å²) in [5.41, 5.74) is -0.0796. The Morgan fingerprint density at radius 3 is 2.29 bits per heavy atom. The number of nitrogens with zero attached hydrogens (tertiary/aromatic N) is 2. The van der Waals surface area contributed by atoms with Gasteiger partial charge in [-0.05, 0) is 6.07 Å². The Labute approximate surface area is 89.6 Å². The number of diazo groups is 1. The molecule has 1 N–H and O–H groups in total. The zero-order chi connectivity index (χ0) is 10.9. The van der Waals surface area contributed by atoms with Crippen LogP contribution >= 0.6 is 23.2 Å². The number of benzene rings is 1. The maximum atomic E-state index is 10.7. The minimum atomic E-state index is -4.42. The fourth-order valence-electron chi connectivity index (χ4n) is 0.792. The van der Waals surface area contributed by atoms with Crippen molar-refractivity contribution < 1.29 is 13.0 Å². The standard InChI is InChI=1S/C6H2Cl2N2O3S/c7-3-2-6(14(11,12)13)4(8)1-5(3)10-9/h1-2H/p+1. The van der Waals surface area contributed by atoms with E-state index in [1.54, 1.807) is 0 Å². The highest BCUT2D eigenvalue weighted by Crippen LogP contribution is 2.33. The van der Waals surface area contributed by atoms with Crippen molar-refractivity contribution in [3.05, 3.63) is 27.2 Å². The Morgan fingerprint density at radius 1 is 1.29 bits per heavy atom. The molecule has 0 aromatic heterocycles. The second-order valence-corrected chi connectivity index (χ2v) is 4.51. The summed E-state index contributed by atoms with van der Waals surface area (Å²) in [5, 5.41) is 8.00. The summed E-state index contributed by atoms with van der Waals surface area (Å²) in [6.07, 6.45) is 0. The van der Waals surface area contributed by atoms with Gasteiger partial charge in [0.1, 0.15) is 9.92 Å². The predicted octanol–water partition coefficient (Wildman–Crippen LogP) is 2.72. The van der Waals surface area contributed by atoms with Crippen LogP contribution in [-0.2, 0) is 10.1 Å².